The summed E-state index contributed by atoms with van der Waals surface area (Å²) in [4.78, 5) is 38.0. The van der Waals surface area contributed by atoms with E-state index < -0.39 is 39.0 Å². The molecule has 0 aliphatic heterocycles. The number of nitrogens with zero attached hydrogens (tertiary/aromatic N) is 2. The van der Waals surface area contributed by atoms with Gasteiger partial charge in [-0.05, 0) is 6.07 Å². The van der Waals surface area contributed by atoms with Crippen molar-refractivity contribution in [3.05, 3.63) is 50.4 Å². The summed E-state index contributed by atoms with van der Waals surface area (Å²) in [5.74, 6) is -1.33. The van der Waals surface area contributed by atoms with Gasteiger partial charge in [0.15, 0.2) is 0 Å². The van der Waals surface area contributed by atoms with Gasteiger partial charge in [0.2, 0.25) is 10.0 Å². The summed E-state index contributed by atoms with van der Waals surface area (Å²) in [6.07, 6.45) is -3.16. The van der Waals surface area contributed by atoms with E-state index in [2.05, 4.69) is 4.98 Å². The number of alkyl halides is 3. The third-order valence-electron chi connectivity index (χ3n) is 3.06. The van der Waals surface area contributed by atoms with E-state index in [-0.39, 0.29) is 22.0 Å². The Kier molecular flexibility index (Phi) is 4.38. The van der Waals surface area contributed by atoms with Crippen LogP contribution in [0.2, 0.25) is 0 Å². The number of aromatic nitrogens is 3. The number of rotatable bonds is 3. The number of halogens is 3. The minimum absolute atomic E-state index is 0.235. The van der Waals surface area contributed by atoms with Crippen LogP contribution in [-0.2, 0) is 23.2 Å². The predicted octanol–water partition coefficient (Wildman–Crippen LogP) is -0.428. The predicted molar refractivity (Wildman–Crippen MR) is 78.9 cm³/mol. The fraction of sp³-hybridized carbons (Fsp3) is 0.250. The van der Waals surface area contributed by atoms with Gasteiger partial charge in [0.25, 0.3) is 11.5 Å². The van der Waals surface area contributed by atoms with Crippen molar-refractivity contribution in [1.29, 1.82) is 0 Å². The zero-order valence-corrected chi connectivity index (χ0v) is 13.5. The van der Waals surface area contributed by atoms with E-state index >= 15 is 0 Å². The van der Waals surface area contributed by atoms with E-state index in [4.69, 9.17) is 0 Å². The van der Waals surface area contributed by atoms with Crippen LogP contribution >= 0.6 is 0 Å². The van der Waals surface area contributed by atoms with Crippen molar-refractivity contribution in [1.82, 2.24) is 18.8 Å². The molecular formula is C12H11F3N4O5S. The van der Waals surface area contributed by atoms with E-state index in [0.717, 1.165) is 25.6 Å². The van der Waals surface area contributed by atoms with Gasteiger partial charge < -0.3 is 4.98 Å². The van der Waals surface area contributed by atoms with Crippen LogP contribution in [0.1, 0.15) is 16.1 Å². The Balaban J connectivity index is 2.55. The van der Waals surface area contributed by atoms with Crippen molar-refractivity contribution >= 4 is 15.9 Å². The van der Waals surface area contributed by atoms with Crippen LogP contribution in [0, 0.1) is 0 Å². The Hall–Kier alpha value is -2.83. The molecule has 0 aromatic carbocycles. The smallest absolute Gasteiger partial charge is 0.347 e. The fourth-order valence-electron chi connectivity index (χ4n) is 1.99. The SMILES string of the molecule is Cn1c(C(F)(F)F)cc(=O)n(-c2cc(C(=O)NS(C)(=O)=O)c[nH]2)c1=O. The van der Waals surface area contributed by atoms with Gasteiger partial charge in [-0.15, -0.1) is 0 Å². The first kappa shape index (κ1) is 18.5. The number of sulfonamides is 1. The van der Waals surface area contributed by atoms with E-state index in [1.807, 2.05) is 0 Å². The molecule has 0 saturated carbocycles. The van der Waals surface area contributed by atoms with Gasteiger partial charge in [0.1, 0.15) is 11.5 Å². The van der Waals surface area contributed by atoms with E-state index in [1.54, 1.807) is 4.72 Å². The quantitative estimate of drug-likeness (QED) is 0.748. The number of nitrogens with one attached hydrogen (secondary N) is 2. The first-order chi connectivity index (χ1) is 11.3. The van der Waals surface area contributed by atoms with E-state index in [0.29, 0.717) is 4.57 Å². The lowest BCUT2D eigenvalue weighted by Gasteiger charge is -2.12. The molecule has 0 unspecified atom stereocenters. The van der Waals surface area contributed by atoms with Crippen molar-refractivity contribution in [2.75, 3.05) is 6.26 Å². The molecule has 0 aliphatic carbocycles. The molecule has 0 aliphatic rings. The number of carbonyl (C=O) groups excluding carboxylic acids is 1. The second-order valence-electron chi connectivity index (χ2n) is 5.02. The van der Waals surface area contributed by atoms with Crippen LogP contribution in [-0.4, -0.2) is 34.7 Å². The van der Waals surface area contributed by atoms with Gasteiger partial charge in [0.05, 0.1) is 11.8 Å². The monoisotopic (exact) mass is 380 g/mol. The van der Waals surface area contributed by atoms with Gasteiger partial charge in [-0.3, -0.25) is 14.2 Å². The summed E-state index contributed by atoms with van der Waals surface area (Å²) in [7, 11) is -3.01. The topological polar surface area (TPSA) is 123 Å². The second kappa shape index (κ2) is 5.91. The summed E-state index contributed by atoms with van der Waals surface area (Å²) < 4.78 is 62.7. The lowest BCUT2D eigenvalue weighted by Crippen LogP contribution is -2.40. The standard InChI is InChI=1S/C12H11F3N4O5S/c1-18-7(12(13,14)15)4-9(20)19(11(18)22)8-3-6(5-16-8)10(21)17-25(2,23)24/h3-5,16H,1-2H3,(H,17,21). The molecule has 2 rings (SSSR count). The van der Waals surface area contributed by atoms with Crippen molar-refractivity contribution < 1.29 is 26.4 Å². The molecule has 2 aromatic rings. The zero-order chi connectivity index (χ0) is 19.2. The largest absolute Gasteiger partial charge is 0.431 e. The minimum atomic E-state index is -4.90. The highest BCUT2D eigenvalue weighted by Crippen LogP contribution is 2.26. The van der Waals surface area contributed by atoms with Crippen LogP contribution in [0.5, 0.6) is 0 Å². The third kappa shape index (κ3) is 3.81. The maximum absolute atomic E-state index is 12.8. The Morgan fingerprint density at radius 2 is 1.84 bits per heavy atom. The number of H-pyrrole nitrogens is 1. The number of hydrogen-bond donors (Lipinski definition) is 2. The van der Waals surface area contributed by atoms with E-state index in [9.17, 15) is 36.0 Å². The van der Waals surface area contributed by atoms with Crippen LogP contribution in [0.25, 0.3) is 5.82 Å². The van der Waals surface area contributed by atoms with Gasteiger partial charge in [-0.25, -0.2) is 22.5 Å². The molecule has 0 spiro atoms. The van der Waals surface area contributed by atoms with Crippen molar-refractivity contribution in [3.63, 3.8) is 0 Å². The Labute approximate surface area is 137 Å². The van der Waals surface area contributed by atoms with Gasteiger partial charge in [0, 0.05) is 19.3 Å². The molecule has 2 N–H and O–H groups in total. The second-order valence-corrected chi connectivity index (χ2v) is 6.77. The Bertz CT molecular complexity index is 1060. The molecule has 2 heterocycles. The summed E-state index contributed by atoms with van der Waals surface area (Å²) >= 11 is 0. The van der Waals surface area contributed by atoms with Crippen molar-refractivity contribution in [3.8, 4) is 5.82 Å². The first-order valence-corrected chi connectivity index (χ1v) is 8.31. The highest BCUT2D eigenvalue weighted by atomic mass is 32.2. The lowest BCUT2D eigenvalue weighted by atomic mass is 10.3. The maximum Gasteiger partial charge on any atom is 0.431 e. The average Bonchev–Trinajstić information content (AvgIpc) is 2.89. The molecule has 1 amide bonds. The number of aromatic amines is 1. The molecule has 25 heavy (non-hydrogen) atoms. The molecule has 0 radical (unpaired) electrons. The number of amides is 1. The van der Waals surface area contributed by atoms with Crippen molar-refractivity contribution in [2.45, 2.75) is 6.18 Å². The molecule has 9 nitrogen and oxygen atoms in total. The summed E-state index contributed by atoms with van der Waals surface area (Å²) in [6, 6.07) is 1.19. The zero-order valence-electron chi connectivity index (χ0n) is 12.7. The molecule has 0 bridgehead atoms. The Morgan fingerprint density at radius 1 is 1.24 bits per heavy atom. The van der Waals surface area contributed by atoms with Gasteiger partial charge >= 0.3 is 11.9 Å². The number of carbonyl (C=O) groups is 1. The summed E-state index contributed by atoms with van der Waals surface area (Å²) in [5.41, 5.74) is -4.24. The molecule has 0 atom stereocenters. The molecule has 136 valence electrons. The maximum atomic E-state index is 12.8. The summed E-state index contributed by atoms with van der Waals surface area (Å²) in [5, 5.41) is 0. The highest BCUT2D eigenvalue weighted by molar-refractivity contribution is 7.89. The first-order valence-electron chi connectivity index (χ1n) is 6.42. The van der Waals surface area contributed by atoms with Gasteiger partial charge in [-0.2, -0.15) is 13.2 Å². The molecular weight excluding hydrogens is 369 g/mol. The molecule has 0 fully saturated rings. The lowest BCUT2D eigenvalue weighted by molar-refractivity contribution is -0.144. The van der Waals surface area contributed by atoms with Crippen LogP contribution < -0.4 is 16.0 Å². The average molecular weight is 380 g/mol. The highest BCUT2D eigenvalue weighted by Gasteiger charge is 2.35. The van der Waals surface area contributed by atoms with E-state index in [1.165, 1.54) is 0 Å². The number of hydrogen-bond acceptors (Lipinski definition) is 5. The van der Waals surface area contributed by atoms with Crippen LogP contribution in [0.4, 0.5) is 13.2 Å². The molecule has 2 aromatic heterocycles. The van der Waals surface area contributed by atoms with Gasteiger partial charge in [-0.1, -0.05) is 0 Å². The van der Waals surface area contributed by atoms with Crippen LogP contribution in [0.3, 0.4) is 0 Å². The van der Waals surface area contributed by atoms with Crippen molar-refractivity contribution in [2.24, 2.45) is 7.05 Å². The summed E-state index contributed by atoms with van der Waals surface area (Å²) in [6.45, 7) is 0. The fourth-order valence-corrected chi connectivity index (χ4v) is 2.44. The minimum Gasteiger partial charge on any atom is -0.347 e. The van der Waals surface area contributed by atoms with Crippen LogP contribution in [0.15, 0.2) is 27.9 Å². The third-order valence-corrected chi connectivity index (χ3v) is 3.62. The normalized spacial score (nSPS) is 12.2. The molecule has 0 saturated heterocycles. The Morgan fingerprint density at radius 3 is 2.36 bits per heavy atom. The molecule has 13 heteroatoms.